The Balaban J connectivity index is 3.14. The van der Waals surface area contributed by atoms with Gasteiger partial charge in [-0.25, -0.2) is 4.98 Å². The molecule has 0 aliphatic heterocycles. The van der Waals surface area contributed by atoms with Crippen LogP contribution in [0.1, 0.15) is 17.4 Å². The third kappa shape index (κ3) is 2.40. The quantitative estimate of drug-likeness (QED) is 0.755. The van der Waals surface area contributed by atoms with Crippen molar-refractivity contribution in [1.29, 1.82) is 0 Å². The second-order valence-corrected chi connectivity index (χ2v) is 4.50. The fourth-order valence-corrected chi connectivity index (χ4v) is 3.27. The summed E-state index contributed by atoms with van der Waals surface area (Å²) in [5.74, 6) is -0.00966. The molecule has 1 aromatic heterocycles. The van der Waals surface area contributed by atoms with Gasteiger partial charge >= 0.3 is 0 Å². The zero-order valence-electron chi connectivity index (χ0n) is 7.05. The number of imidazole rings is 1. The zero-order valence-corrected chi connectivity index (χ0v) is 11.4. The molecule has 0 bridgehead atoms. The number of nitrogens with two attached hydrogens (primary N) is 1. The largest absolute Gasteiger partial charge is 0.330 e. The standard InChI is InChI=1S/C7H9I2N3O/c1-4(13)12-6(8)5(2-3-10)11-7(12)9/h2-3,10H2,1H3. The fourth-order valence-electron chi connectivity index (χ4n) is 0.981. The van der Waals surface area contributed by atoms with E-state index in [1.807, 2.05) is 22.6 Å². The van der Waals surface area contributed by atoms with Crippen LogP contribution in [0.2, 0.25) is 0 Å². The first-order valence-electron chi connectivity index (χ1n) is 3.71. The van der Waals surface area contributed by atoms with Crippen molar-refractivity contribution in [1.82, 2.24) is 9.55 Å². The van der Waals surface area contributed by atoms with Gasteiger partial charge < -0.3 is 5.73 Å². The van der Waals surface area contributed by atoms with E-state index in [-0.39, 0.29) is 5.91 Å². The van der Waals surface area contributed by atoms with Gasteiger partial charge in [0, 0.05) is 35.9 Å². The first-order valence-corrected chi connectivity index (χ1v) is 5.87. The smallest absolute Gasteiger partial charge is 0.230 e. The number of hydrogen-bond acceptors (Lipinski definition) is 3. The minimum absolute atomic E-state index is 0.00966. The van der Waals surface area contributed by atoms with E-state index in [2.05, 4.69) is 27.6 Å². The summed E-state index contributed by atoms with van der Waals surface area (Å²) in [5, 5.41) is 0. The van der Waals surface area contributed by atoms with Gasteiger partial charge in [-0.2, -0.15) is 0 Å². The Labute approximate surface area is 104 Å². The Hall–Kier alpha value is 0.300. The molecular weight excluding hydrogens is 396 g/mol. The van der Waals surface area contributed by atoms with E-state index in [0.717, 1.165) is 9.39 Å². The molecule has 0 radical (unpaired) electrons. The third-order valence-corrected chi connectivity index (χ3v) is 3.37. The van der Waals surface area contributed by atoms with Crippen molar-refractivity contribution in [2.24, 2.45) is 5.73 Å². The maximum Gasteiger partial charge on any atom is 0.230 e. The van der Waals surface area contributed by atoms with Gasteiger partial charge in [-0.3, -0.25) is 9.36 Å². The van der Waals surface area contributed by atoms with Crippen LogP contribution in [0.4, 0.5) is 0 Å². The van der Waals surface area contributed by atoms with Gasteiger partial charge in [-0.15, -0.1) is 0 Å². The molecule has 0 aliphatic rings. The van der Waals surface area contributed by atoms with Crippen LogP contribution in [-0.4, -0.2) is 22.0 Å². The number of carbonyl (C=O) groups is 1. The lowest BCUT2D eigenvalue weighted by Crippen LogP contribution is -2.10. The van der Waals surface area contributed by atoms with E-state index >= 15 is 0 Å². The SMILES string of the molecule is CC(=O)n1c(I)nc(CCN)c1I. The van der Waals surface area contributed by atoms with Crippen LogP contribution in [-0.2, 0) is 6.42 Å². The van der Waals surface area contributed by atoms with Crippen LogP contribution in [0.25, 0.3) is 0 Å². The monoisotopic (exact) mass is 405 g/mol. The second-order valence-electron chi connectivity index (χ2n) is 2.51. The van der Waals surface area contributed by atoms with Gasteiger partial charge in [0.05, 0.1) is 5.69 Å². The van der Waals surface area contributed by atoms with Crippen LogP contribution in [0.15, 0.2) is 0 Å². The number of rotatable bonds is 2. The summed E-state index contributed by atoms with van der Waals surface area (Å²) in [6.07, 6.45) is 0.717. The highest BCUT2D eigenvalue weighted by atomic mass is 127. The van der Waals surface area contributed by atoms with Crippen molar-refractivity contribution in [2.75, 3.05) is 6.54 Å². The predicted octanol–water partition coefficient (Wildman–Crippen LogP) is 1.25. The number of halogens is 2. The molecule has 13 heavy (non-hydrogen) atoms. The molecule has 0 aromatic carbocycles. The van der Waals surface area contributed by atoms with E-state index < -0.39 is 0 Å². The van der Waals surface area contributed by atoms with E-state index in [4.69, 9.17) is 5.73 Å². The average Bonchev–Trinajstić information content (AvgIpc) is 2.28. The molecule has 2 N–H and O–H groups in total. The van der Waals surface area contributed by atoms with Crippen molar-refractivity contribution in [3.8, 4) is 0 Å². The van der Waals surface area contributed by atoms with E-state index in [0.29, 0.717) is 16.8 Å². The molecule has 6 heteroatoms. The van der Waals surface area contributed by atoms with Gasteiger partial charge in [0.1, 0.15) is 3.70 Å². The van der Waals surface area contributed by atoms with Gasteiger partial charge in [0.2, 0.25) is 5.91 Å². The van der Waals surface area contributed by atoms with Crippen molar-refractivity contribution in [3.63, 3.8) is 0 Å². The topological polar surface area (TPSA) is 60.9 Å². The summed E-state index contributed by atoms with van der Waals surface area (Å²) in [7, 11) is 0. The highest BCUT2D eigenvalue weighted by Gasteiger charge is 2.14. The normalized spacial score (nSPS) is 10.5. The van der Waals surface area contributed by atoms with Crippen LogP contribution >= 0.6 is 45.2 Å². The number of aromatic nitrogens is 2. The molecule has 1 heterocycles. The van der Waals surface area contributed by atoms with Crippen molar-refractivity contribution >= 4 is 51.1 Å². The summed E-state index contributed by atoms with van der Waals surface area (Å²) in [6.45, 7) is 2.08. The van der Waals surface area contributed by atoms with Gasteiger partial charge in [-0.05, 0) is 29.1 Å². The van der Waals surface area contributed by atoms with Crippen molar-refractivity contribution < 1.29 is 4.79 Å². The molecule has 0 saturated carbocycles. The molecule has 0 unspecified atom stereocenters. The van der Waals surface area contributed by atoms with E-state index in [9.17, 15) is 4.79 Å². The summed E-state index contributed by atoms with van der Waals surface area (Å²) in [4.78, 5) is 15.4. The predicted molar refractivity (Wildman–Crippen MR) is 66.7 cm³/mol. The molecule has 0 fully saturated rings. The molecule has 0 saturated heterocycles. The minimum Gasteiger partial charge on any atom is -0.330 e. The Kier molecular flexibility index (Phi) is 4.10. The molecule has 1 rings (SSSR count). The Morgan fingerprint density at radius 3 is 2.62 bits per heavy atom. The average molecular weight is 405 g/mol. The Morgan fingerprint density at radius 1 is 1.62 bits per heavy atom. The lowest BCUT2D eigenvalue weighted by atomic mass is 10.3. The molecule has 4 nitrogen and oxygen atoms in total. The summed E-state index contributed by atoms with van der Waals surface area (Å²) in [6, 6.07) is 0. The fraction of sp³-hybridized carbons (Fsp3) is 0.429. The molecule has 0 aliphatic carbocycles. The summed E-state index contributed by atoms with van der Waals surface area (Å²) in [5.41, 5.74) is 6.33. The van der Waals surface area contributed by atoms with Crippen LogP contribution in [0, 0.1) is 7.53 Å². The third-order valence-electron chi connectivity index (χ3n) is 1.54. The Morgan fingerprint density at radius 2 is 2.23 bits per heavy atom. The molecule has 72 valence electrons. The maximum absolute atomic E-state index is 11.2. The highest BCUT2D eigenvalue weighted by molar-refractivity contribution is 14.1. The van der Waals surface area contributed by atoms with Crippen LogP contribution < -0.4 is 5.73 Å². The molecule has 0 amide bonds. The van der Waals surface area contributed by atoms with E-state index in [1.165, 1.54) is 6.92 Å². The second kappa shape index (κ2) is 4.69. The summed E-state index contributed by atoms with van der Waals surface area (Å²) < 4.78 is 3.17. The number of carbonyl (C=O) groups excluding carboxylic acids is 1. The first-order chi connectivity index (χ1) is 6.07. The maximum atomic E-state index is 11.2. The van der Waals surface area contributed by atoms with Crippen LogP contribution in [0.3, 0.4) is 0 Å². The molecular formula is C7H9I2N3O. The van der Waals surface area contributed by atoms with Gasteiger partial charge in [-0.1, -0.05) is 0 Å². The highest BCUT2D eigenvalue weighted by Crippen LogP contribution is 2.16. The van der Waals surface area contributed by atoms with Crippen LogP contribution in [0.5, 0.6) is 0 Å². The minimum atomic E-state index is -0.00966. The van der Waals surface area contributed by atoms with Crippen molar-refractivity contribution in [2.45, 2.75) is 13.3 Å². The first kappa shape index (κ1) is 11.4. The van der Waals surface area contributed by atoms with Gasteiger partial charge in [0.15, 0.2) is 3.83 Å². The van der Waals surface area contributed by atoms with Crippen molar-refractivity contribution in [3.05, 3.63) is 13.2 Å². The zero-order chi connectivity index (χ0) is 10.0. The number of nitrogens with zero attached hydrogens (tertiary/aromatic N) is 2. The lowest BCUT2D eigenvalue weighted by molar-refractivity contribution is 0.0930. The molecule has 0 spiro atoms. The Bertz CT molecular complexity index is 335. The van der Waals surface area contributed by atoms with Gasteiger partial charge in [0.25, 0.3) is 0 Å². The summed E-state index contributed by atoms with van der Waals surface area (Å²) >= 11 is 4.17. The molecule has 0 atom stereocenters. The van der Waals surface area contributed by atoms with E-state index in [1.54, 1.807) is 4.57 Å². The lowest BCUT2D eigenvalue weighted by Gasteiger charge is -1.98. The molecule has 1 aromatic rings. The number of hydrogen-bond donors (Lipinski definition) is 1.